The monoisotopic (exact) mass is 554 g/mol. The third-order valence-electron chi connectivity index (χ3n) is 7.32. The molecule has 6 rings (SSSR count). The van der Waals surface area contributed by atoms with E-state index in [2.05, 4.69) is 15.1 Å². The number of fused-ring (bicyclic) bond motifs is 1. The van der Waals surface area contributed by atoms with Gasteiger partial charge >= 0.3 is 6.18 Å². The SMILES string of the molecule is O=C(C1CC1)N1CCC(O)(Cn2cnc3c(cnn3-c3ccc(Oc4ccc(C(F)(F)F)cn4)cc3)c2=O)CC1. The number of alkyl halides is 3. The minimum absolute atomic E-state index is 0.00866. The van der Waals surface area contributed by atoms with E-state index < -0.39 is 17.3 Å². The normalized spacial score (nSPS) is 17.2. The number of piperidine rings is 1. The Balaban J connectivity index is 1.15. The number of aliphatic hydroxyl groups is 1. The molecule has 1 aliphatic carbocycles. The van der Waals surface area contributed by atoms with E-state index in [1.54, 1.807) is 29.2 Å². The van der Waals surface area contributed by atoms with Crippen molar-refractivity contribution >= 4 is 16.9 Å². The van der Waals surface area contributed by atoms with Gasteiger partial charge in [-0.25, -0.2) is 14.6 Å². The fraction of sp³-hybridized carbons (Fsp3) is 0.370. The lowest BCUT2D eigenvalue weighted by atomic mass is 9.91. The Kier molecular flexibility index (Phi) is 6.32. The van der Waals surface area contributed by atoms with E-state index in [0.29, 0.717) is 49.2 Å². The van der Waals surface area contributed by atoms with Crippen LogP contribution in [-0.2, 0) is 17.5 Å². The molecule has 40 heavy (non-hydrogen) atoms. The fourth-order valence-electron chi connectivity index (χ4n) is 4.84. The van der Waals surface area contributed by atoms with Crippen LogP contribution in [0.2, 0.25) is 0 Å². The van der Waals surface area contributed by atoms with Crippen LogP contribution in [-0.4, -0.2) is 58.9 Å². The lowest BCUT2D eigenvalue weighted by Gasteiger charge is -2.38. The third-order valence-corrected chi connectivity index (χ3v) is 7.32. The zero-order valence-corrected chi connectivity index (χ0v) is 21.2. The van der Waals surface area contributed by atoms with Crippen LogP contribution in [0.3, 0.4) is 0 Å². The predicted molar refractivity (Wildman–Crippen MR) is 136 cm³/mol. The van der Waals surface area contributed by atoms with Crippen LogP contribution >= 0.6 is 0 Å². The minimum atomic E-state index is -4.48. The molecule has 4 heterocycles. The third kappa shape index (κ3) is 5.16. The van der Waals surface area contributed by atoms with Crippen LogP contribution in [0, 0.1) is 5.92 Å². The van der Waals surface area contributed by atoms with Gasteiger partial charge in [-0.3, -0.25) is 14.2 Å². The quantitative estimate of drug-likeness (QED) is 0.388. The van der Waals surface area contributed by atoms with Gasteiger partial charge in [-0.1, -0.05) is 0 Å². The molecule has 4 aromatic rings. The van der Waals surface area contributed by atoms with E-state index in [4.69, 9.17) is 4.74 Å². The van der Waals surface area contributed by atoms with Crippen molar-refractivity contribution in [3.05, 3.63) is 71.0 Å². The van der Waals surface area contributed by atoms with Crippen LogP contribution < -0.4 is 10.3 Å². The van der Waals surface area contributed by atoms with Crippen LogP contribution in [0.5, 0.6) is 11.6 Å². The number of carbonyl (C=O) groups excluding carboxylic acids is 1. The number of hydrogen-bond donors (Lipinski definition) is 1. The summed E-state index contributed by atoms with van der Waals surface area (Å²) in [5.74, 6) is 0.651. The van der Waals surface area contributed by atoms with E-state index >= 15 is 0 Å². The first-order valence-electron chi connectivity index (χ1n) is 12.9. The maximum Gasteiger partial charge on any atom is 0.417 e. The molecule has 208 valence electrons. The number of hydrogen-bond acceptors (Lipinski definition) is 7. The average Bonchev–Trinajstić information content (AvgIpc) is 3.69. The number of benzene rings is 1. The van der Waals surface area contributed by atoms with Gasteiger partial charge in [0.05, 0.1) is 29.6 Å². The van der Waals surface area contributed by atoms with E-state index in [1.165, 1.54) is 21.8 Å². The smallest absolute Gasteiger partial charge is 0.417 e. The molecule has 10 nitrogen and oxygen atoms in total. The zero-order chi connectivity index (χ0) is 28.1. The van der Waals surface area contributed by atoms with Crippen LogP contribution in [0.15, 0.2) is 59.9 Å². The maximum atomic E-state index is 13.2. The standard InChI is InChI=1S/C27H25F3N6O4/c28-27(29,30)18-3-8-22(31-13-18)40-20-6-4-19(5-7-20)36-23-21(14-33-36)25(38)35(16-32-23)15-26(39)9-11-34(12-10-26)24(37)17-1-2-17/h3-8,13-14,16-17,39H,1-2,9-12,15H2. The van der Waals surface area contributed by atoms with Gasteiger partial charge < -0.3 is 14.7 Å². The lowest BCUT2D eigenvalue weighted by Crippen LogP contribution is -2.50. The molecule has 1 N–H and O–H groups in total. The van der Waals surface area contributed by atoms with Crippen molar-refractivity contribution in [3.63, 3.8) is 0 Å². The highest BCUT2D eigenvalue weighted by Gasteiger charge is 2.39. The first-order chi connectivity index (χ1) is 19.1. The molecule has 0 bridgehead atoms. The molecule has 1 aromatic carbocycles. The maximum absolute atomic E-state index is 13.2. The molecule has 0 atom stereocenters. The van der Waals surface area contributed by atoms with Crippen molar-refractivity contribution in [2.75, 3.05) is 13.1 Å². The Morgan fingerprint density at radius 1 is 1.05 bits per heavy atom. The average molecular weight is 555 g/mol. The molecule has 3 aromatic heterocycles. The van der Waals surface area contributed by atoms with Crippen molar-refractivity contribution in [1.82, 2.24) is 29.2 Å². The first-order valence-corrected chi connectivity index (χ1v) is 12.9. The Morgan fingerprint density at radius 2 is 1.77 bits per heavy atom. The number of likely N-dealkylation sites (tertiary alicyclic amines) is 1. The number of halogens is 3. The minimum Gasteiger partial charge on any atom is -0.439 e. The first kappa shape index (κ1) is 26.0. The largest absolute Gasteiger partial charge is 0.439 e. The second-order valence-corrected chi connectivity index (χ2v) is 10.3. The van der Waals surface area contributed by atoms with Crippen molar-refractivity contribution in [1.29, 1.82) is 0 Å². The van der Waals surface area contributed by atoms with E-state index in [1.807, 2.05) is 0 Å². The van der Waals surface area contributed by atoms with Crippen molar-refractivity contribution < 1.29 is 27.8 Å². The Labute approximate surface area is 225 Å². The molecular formula is C27H25F3N6O4. The molecule has 0 unspecified atom stereocenters. The Bertz CT molecular complexity index is 1600. The summed E-state index contributed by atoms with van der Waals surface area (Å²) >= 11 is 0. The highest BCUT2D eigenvalue weighted by Crippen LogP contribution is 2.34. The highest BCUT2D eigenvalue weighted by molar-refractivity contribution is 5.81. The van der Waals surface area contributed by atoms with Gasteiger partial charge in [-0.05, 0) is 56.0 Å². The number of amides is 1. The van der Waals surface area contributed by atoms with Gasteiger partial charge in [-0.15, -0.1) is 0 Å². The van der Waals surface area contributed by atoms with E-state index in [-0.39, 0.29) is 35.2 Å². The topological polar surface area (TPSA) is 115 Å². The molecule has 1 saturated heterocycles. The number of carbonyl (C=O) groups is 1. The molecule has 0 radical (unpaired) electrons. The molecule has 1 aliphatic heterocycles. The summed E-state index contributed by atoms with van der Waals surface area (Å²) in [5, 5.41) is 15.7. The van der Waals surface area contributed by atoms with Gasteiger partial charge in [0.1, 0.15) is 17.5 Å². The lowest BCUT2D eigenvalue weighted by molar-refractivity contribution is -0.138. The van der Waals surface area contributed by atoms with Crippen molar-refractivity contribution in [2.45, 2.75) is 44.0 Å². The summed E-state index contributed by atoms with van der Waals surface area (Å²) in [4.78, 5) is 35.4. The predicted octanol–water partition coefficient (Wildman–Crippen LogP) is 3.55. The molecular weight excluding hydrogens is 529 g/mol. The number of ether oxygens (including phenoxy) is 1. The molecule has 0 spiro atoms. The summed E-state index contributed by atoms with van der Waals surface area (Å²) < 4.78 is 46.6. The second kappa shape index (κ2) is 9.73. The number of nitrogens with zero attached hydrogens (tertiary/aromatic N) is 6. The Morgan fingerprint density at radius 3 is 2.40 bits per heavy atom. The Hall–Kier alpha value is -4.26. The summed E-state index contributed by atoms with van der Waals surface area (Å²) in [6, 6.07) is 8.55. The number of pyridine rings is 1. The molecule has 13 heteroatoms. The molecule has 1 saturated carbocycles. The van der Waals surface area contributed by atoms with Crippen LogP contribution in [0.1, 0.15) is 31.2 Å². The van der Waals surface area contributed by atoms with Crippen molar-refractivity contribution in [3.8, 4) is 17.3 Å². The van der Waals surface area contributed by atoms with E-state index in [9.17, 15) is 27.9 Å². The zero-order valence-electron chi connectivity index (χ0n) is 21.2. The molecule has 1 amide bonds. The van der Waals surface area contributed by atoms with Crippen LogP contribution in [0.4, 0.5) is 13.2 Å². The van der Waals surface area contributed by atoms with Gasteiger partial charge in [0.2, 0.25) is 11.8 Å². The number of rotatable bonds is 6. The van der Waals surface area contributed by atoms with Crippen LogP contribution in [0.25, 0.3) is 16.7 Å². The molecule has 2 fully saturated rings. The second-order valence-electron chi connectivity index (χ2n) is 10.3. The summed E-state index contributed by atoms with van der Waals surface area (Å²) in [6.45, 7) is 0.987. The molecule has 2 aliphatic rings. The summed E-state index contributed by atoms with van der Waals surface area (Å²) in [6.07, 6.45) is 1.66. The van der Waals surface area contributed by atoms with E-state index in [0.717, 1.165) is 25.0 Å². The summed E-state index contributed by atoms with van der Waals surface area (Å²) in [5.41, 5.74) is -1.41. The van der Waals surface area contributed by atoms with Crippen molar-refractivity contribution in [2.24, 2.45) is 5.92 Å². The van der Waals surface area contributed by atoms with Gasteiger partial charge in [0.15, 0.2) is 5.65 Å². The number of aromatic nitrogens is 5. The summed E-state index contributed by atoms with van der Waals surface area (Å²) in [7, 11) is 0. The highest BCUT2D eigenvalue weighted by atomic mass is 19.4. The van der Waals surface area contributed by atoms with Gasteiger partial charge in [0, 0.05) is 31.3 Å². The fourth-order valence-corrected chi connectivity index (χ4v) is 4.84. The van der Waals surface area contributed by atoms with Gasteiger partial charge in [-0.2, -0.15) is 18.3 Å². The van der Waals surface area contributed by atoms with Gasteiger partial charge in [0.25, 0.3) is 5.56 Å².